The van der Waals surface area contributed by atoms with Gasteiger partial charge >= 0.3 is 11.9 Å². The number of hydrogen-bond acceptors (Lipinski definition) is 7. The van der Waals surface area contributed by atoms with Crippen LogP contribution in [0.5, 0.6) is 17.2 Å². The molecule has 0 spiro atoms. The summed E-state index contributed by atoms with van der Waals surface area (Å²) in [6.07, 6.45) is 1.86. The Labute approximate surface area is 191 Å². The lowest BCUT2D eigenvalue weighted by atomic mass is 10.1. The minimum Gasteiger partial charge on any atom is -0.497 e. The Balaban J connectivity index is 0.000000569. The van der Waals surface area contributed by atoms with Crippen molar-refractivity contribution in [2.24, 2.45) is 7.05 Å². The van der Waals surface area contributed by atoms with Crippen molar-refractivity contribution in [2.75, 3.05) is 26.1 Å². The molecular formula is C23H27N3O7. The monoisotopic (exact) mass is 457 g/mol. The number of anilines is 1. The van der Waals surface area contributed by atoms with Crippen molar-refractivity contribution >= 4 is 17.9 Å². The van der Waals surface area contributed by atoms with Gasteiger partial charge in [0.25, 0.3) is 0 Å². The third-order valence-electron chi connectivity index (χ3n) is 4.52. The molecule has 0 saturated heterocycles. The normalized spacial score (nSPS) is 9.94. The van der Waals surface area contributed by atoms with Crippen LogP contribution in [0.2, 0.25) is 0 Å². The summed E-state index contributed by atoms with van der Waals surface area (Å²) in [5, 5.41) is 18.2. The molecule has 1 aromatic heterocycles. The summed E-state index contributed by atoms with van der Waals surface area (Å²) in [7, 11) is 5.30. The van der Waals surface area contributed by atoms with E-state index in [9.17, 15) is 0 Å². The second-order valence-electron chi connectivity index (χ2n) is 6.64. The number of ether oxygens (including phenoxy) is 3. The first-order valence-corrected chi connectivity index (χ1v) is 9.96. The molecule has 0 atom stereocenters. The number of carbonyl (C=O) groups is 2. The van der Waals surface area contributed by atoms with Gasteiger partial charge in [0.1, 0.15) is 5.75 Å². The van der Waals surface area contributed by atoms with E-state index in [0.29, 0.717) is 13.2 Å². The Hall–Kier alpha value is -4.21. The molecule has 0 unspecified atom stereocenters. The van der Waals surface area contributed by atoms with Gasteiger partial charge in [-0.05, 0) is 36.8 Å². The van der Waals surface area contributed by atoms with Gasteiger partial charge < -0.3 is 34.3 Å². The van der Waals surface area contributed by atoms with Gasteiger partial charge in [-0.2, -0.15) is 0 Å². The van der Waals surface area contributed by atoms with Gasteiger partial charge in [0.2, 0.25) is 5.95 Å². The van der Waals surface area contributed by atoms with E-state index < -0.39 is 11.9 Å². The number of nitrogens with one attached hydrogen (secondary N) is 1. The number of benzene rings is 2. The van der Waals surface area contributed by atoms with Crippen LogP contribution >= 0.6 is 0 Å². The van der Waals surface area contributed by atoms with Crippen molar-refractivity contribution in [3.63, 3.8) is 0 Å². The lowest BCUT2D eigenvalue weighted by molar-refractivity contribution is -0.159. The second kappa shape index (κ2) is 12.0. The minimum atomic E-state index is -1.82. The summed E-state index contributed by atoms with van der Waals surface area (Å²) in [5.41, 5.74) is 3.15. The fourth-order valence-corrected chi connectivity index (χ4v) is 2.90. The Bertz CT molecular complexity index is 1080. The minimum absolute atomic E-state index is 0.605. The second-order valence-corrected chi connectivity index (χ2v) is 6.64. The predicted octanol–water partition coefficient (Wildman–Crippen LogP) is 3.27. The lowest BCUT2D eigenvalue weighted by Crippen LogP contribution is -2.09. The van der Waals surface area contributed by atoms with E-state index in [1.165, 1.54) is 0 Å². The lowest BCUT2D eigenvalue weighted by Gasteiger charge is -2.12. The van der Waals surface area contributed by atoms with Crippen molar-refractivity contribution in [3.05, 3.63) is 54.2 Å². The van der Waals surface area contributed by atoms with Crippen molar-refractivity contribution < 1.29 is 34.0 Å². The fourth-order valence-electron chi connectivity index (χ4n) is 2.90. The van der Waals surface area contributed by atoms with Crippen LogP contribution in [0.1, 0.15) is 12.5 Å². The highest BCUT2D eigenvalue weighted by Gasteiger charge is 2.10. The molecule has 3 aromatic rings. The zero-order chi connectivity index (χ0) is 24.4. The summed E-state index contributed by atoms with van der Waals surface area (Å²) < 4.78 is 18.3. The van der Waals surface area contributed by atoms with Gasteiger partial charge in [0.05, 0.1) is 32.7 Å². The molecule has 10 heteroatoms. The van der Waals surface area contributed by atoms with E-state index in [0.717, 1.165) is 40.0 Å². The number of carboxylic acids is 2. The molecule has 0 aliphatic carbocycles. The summed E-state index contributed by atoms with van der Waals surface area (Å²) in [6.45, 7) is 3.19. The third kappa shape index (κ3) is 6.89. The number of nitrogens with zero attached hydrogens (tertiary/aromatic N) is 2. The number of hydrogen-bond donors (Lipinski definition) is 3. The first-order chi connectivity index (χ1) is 15.8. The molecule has 3 N–H and O–H groups in total. The molecule has 0 saturated carbocycles. The third-order valence-corrected chi connectivity index (χ3v) is 4.52. The highest BCUT2D eigenvalue weighted by atomic mass is 16.5. The van der Waals surface area contributed by atoms with Crippen LogP contribution in [0.4, 0.5) is 5.95 Å². The van der Waals surface area contributed by atoms with E-state index >= 15 is 0 Å². The first kappa shape index (κ1) is 25.1. The van der Waals surface area contributed by atoms with Crippen molar-refractivity contribution in [2.45, 2.75) is 13.5 Å². The van der Waals surface area contributed by atoms with E-state index in [-0.39, 0.29) is 0 Å². The van der Waals surface area contributed by atoms with E-state index in [1.807, 2.05) is 67.2 Å². The zero-order valence-corrected chi connectivity index (χ0v) is 18.9. The Morgan fingerprint density at radius 1 is 1.03 bits per heavy atom. The summed E-state index contributed by atoms with van der Waals surface area (Å²) in [4.78, 5) is 22.7. The van der Waals surface area contributed by atoms with Crippen LogP contribution in [0.15, 0.2) is 48.7 Å². The molecule has 176 valence electrons. The smallest absolute Gasteiger partial charge is 0.414 e. The van der Waals surface area contributed by atoms with Crippen LogP contribution < -0.4 is 19.5 Å². The maximum absolute atomic E-state index is 9.10. The number of imidazole rings is 1. The topological polar surface area (TPSA) is 132 Å². The quantitative estimate of drug-likeness (QED) is 0.436. The highest BCUT2D eigenvalue weighted by molar-refractivity contribution is 6.27. The number of carboxylic acid groups (broad SMARTS) is 2. The zero-order valence-electron chi connectivity index (χ0n) is 18.9. The molecule has 0 bridgehead atoms. The molecule has 10 nitrogen and oxygen atoms in total. The van der Waals surface area contributed by atoms with Gasteiger partial charge in [-0.1, -0.05) is 18.2 Å². The Kier molecular flexibility index (Phi) is 9.10. The standard InChI is InChI=1S/C21H25N3O3.C2H2O4/c1-5-27-19-10-9-15(11-20(19)26-4)13-22-21-23-14-18(24(21)2)16-7-6-8-17(12-16)25-3;3-1(4)2(5)6/h6-12,14H,5,13H2,1-4H3,(H,22,23);(H,3,4)(H,5,6). The van der Waals surface area contributed by atoms with Gasteiger partial charge in [-0.25, -0.2) is 14.6 Å². The SMILES string of the molecule is CCOc1ccc(CNc2ncc(-c3cccc(OC)c3)n2C)cc1OC.O=C(O)C(=O)O. The molecule has 33 heavy (non-hydrogen) atoms. The molecule has 3 rings (SSSR count). The number of rotatable bonds is 8. The largest absolute Gasteiger partial charge is 0.497 e. The van der Waals surface area contributed by atoms with Crippen molar-refractivity contribution in [1.82, 2.24) is 9.55 Å². The van der Waals surface area contributed by atoms with Crippen LogP contribution in [0.3, 0.4) is 0 Å². The van der Waals surface area contributed by atoms with E-state index in [1.54, 1.807) is 14.2 Å². The number of methoxy groups -OCH3 is 2. The molecule has 0 aliphatic rings. The first-order valence-electron chi connectivity index (χ1n) is 9.96. The Morgan fingerprint density at radius 2 is 1.76 bits per heavy atom. The molecule has 0 aliphatic heterocycles. The average molecular weight is 457 g/mol. The fraction of sp³-hybridized carbons (Fsp3) is 0.261. The average Bonchev–Trinajstić information content (AvgIpc) is 3.19. The van der Waals surface area contributed by atoms with Gasteiger partial charge in [0, 0.05) is 19.2 Å². The molecule has 0 amide bonds. The number of aromatic nitrogens is 2. The number of aliphatic carboxylic acids is 2. The van der Waals surface area contributed by atoms with Crippen molar-refractivity contribution in [1.29, 1.82) is 0 Å². The molecular weight excluding hydrogens is 430 g/mol. The van der Waals surface area contributed by atoms with E-state index in [4.69, 9.17) is 34.0 Å². The van der Waals surface area contributed by atoms with Crippen LogP contribution in [0.25, 0.3) is 11.3 Å². The Morgan fingerprint density at radius 3 is 2.36 bits per heavy atom. The molecule has 1 heterocycles. The van der Waals surface area contributed by atoms with Crippen LogP contribution in [-0.4, -0.2) is 52.5 Å². The highest BCUT2D eigenvalue weighted by Crippen LogP contribution is 2.29. The summed E-state index contributed by atoms with van der Waals surface area (Å²) in [6, 6.07) is 13.9. The van der Waals surface area contributed by atoms with Crippen LogP contribution in [-0.2, 0) is 23.2 Å². The van der Waals surface area contributed by atoms with Gasteiger partial charge in [-0.15, -0.1) is 0 Å². The molecule has 0 radical (unpaired) electrons. The maximum Gasteiger partial charge on any atom is 0.414 e. The molecule has 0 fully saturated rings. The van der Waals surface area contributed by atoms with E-state index in [2.05, 4.69) is 10.3 Å². The predicted molar refractivity (Wildman–Crippen MR) is 122 cm³/mol. The van der Waals surface area contributed by atoms with Gasteiger partial charge in [-0.3, -0.25) is 0 Å². The van der Waals surface area contributed by atoms with Crippen molar-refractivity contribution in [3.8, 4) is 28.5 Å². The summed E-state index contributed by atoms with van der Waals surface area (Å²) in [5.74, 6) is -0.551. The molecule has 2 aromatic carbocycles. The summed E-state index contributed by atoms with van der Waals surface area (Å²) >= 11 is 0. The maximum atomic E-state index is 9.10. The van der Waals surface area contributed by atoms with Gasteiger partial charge in [0.15, 0.2) is 11.5 Å². The van der Waals surface area contributed by atoms with Crippen LogP contribution in [0, 0.1) is 0 Å².